The van der Waals surface area contributed by atoms with E-state index in [2.05, 4.69) is 5.32 Å². The van der Waals surface area contributed by atoms with Crippen molar-refractivity contribution in [2.24, 2.45) is 5.41 Å². The van der Waals surface area contributed by atoms with Gasteiger partial charge in [0.25, 0.3) is 5.91 Å². The van der Waals surface area contributed by atoms with Crippen molar-refractivity contribution in [1.82, 2.24) is 5.32 Å². The smallest absolute Gasteiger partial charge is 0.326 e. The topological polar surface area (TPSA) is 127 Å². The number of carbonyl (C=O) groups excluding carboxylic acids is 3. The number of ether oxygens (including phenoxy) is 1. The molecular weight excluding hydrogens is 509 g/mol. The lowest BCUT2D eigenvalue weighted by Crippen LogP contribution is -2.65. The van der Waals surface area contributed by atoms with E-state index in [-0.39, 0.29) is 16.2 Å². The lowest BCUT2D eigenvalue weighted by Gasteiger charge is -2.41. The number of nitrogens with one attached hydrogen (secondary N) is 1. The predicted octanol–water partition coefficient (Wildman–Crippen LogP) is 2.59. The molecule has 3 aliphatic heterocycles. The van der Waals surface area contributed by atoms with Gasteiger partial charge in [-0.3, -0.25) is 19.3 Å². The third kappa shape index (κ3) is 2.77. The van der Waals surface area contributed by atoms with Crippen molar-refractivity contribution in [3.63, 3.8) is 0 Å². The van der Waals surface area contributed by atoms with E-state index in [4.69, 9.17) is 17.0 Å². The Hall–Kier alpha value is -4.35. The molecule has 0 unspecified atom stereocenters. The molecule has 0 saturated carbocycles. The van der Waals surface area contributed by atoms with Crippen molar-refractivity contribution in [2.75, 3.05) is 23.4 Å². The molecule has 192 valence electrons. The minimum Gasteiger partial charge on any atom is -0.459 e. The van der Waals surface area contributed by atoms with Crippen LogP contribution in [0.1, 0.15) is 31.9 Å². The number of esters is 1. The van der Waals surface area contributed by atoms with Gasteiger partial charge in [0.1, 0.15) is 23.0 Å². The zero-order valence-corrected chi connectivity index (χ0v) is 21.8. The highest BCUT2D eigenvalue weighted by atomic mass is 32.1. The number of rotatable bonds is 2. The number of likely N-dealkylation sites (N-methyl/N-ethyl adjacent to an activating group) is 1. The second kappa shape index (κ2) is 7.83. The quantitative estimate of drug-likeness (QED) is 0.463. The van der Waals surface area contributed by atoms with Gasteiger partial charge in [-0.1, -0.05) is 30.4 Å². The van der Waals surface area contributed by atoms with Gasteiger partial charge < -0.3 is 15.0 Å². The fraction of sp³-hybridized carbons (Fsp3) is 0.333. The number of thiocarbonyl (C=S) groups is 1. The molecule has 2 aromatic carbocycles. The van der Waals surface area contributed by atoms with E-state index in [1.54, 1.807) is 45.0 Å². The van der Waals surface area contributed by atoms with Crippen LogP contribution in [0.2, 0.25) is 0 Å². The van der Waals surface area contributed by atoms with Gasteiger partial charge in [-0.15, -0.1) is 0 Å². The van der Waals surface area contributed by atoms with E-state index in [0.29, 0.717) is 11.3 Å². The van der Waals surface area contributed by atoms with Crippen LogP contribution in [0.5, 0.6) is 0 Å². The van der Waals surface area contributed by atoms with Gasteiger partial charge in [0, 0.05) is 29.5 Å². The van der Waals surface area contributed by atoms with E-state index in [1.165, 1.54) is 18.0 Å². The molecule has 1 fully saturated rings. The Balaban J connectivity index is 1.89. The number of hydrogen-bond donors (Lipinski definition) is 1. The normalized spacial score (nSPS) is 24.8. The summed E-state index contributed by atoms with van der Waals surface area (Å²) in [6, 6.07) is 13.8. The highest BCUT2D eigenvalue weighted by molar-refractivity contribution is 7.80. The lowest BCUT2D eigenvalue weighted by atomic mass is 9.54. The first-order valence-corrected chi connectivity index (χ1v) is 12.1. The number of nitriles is 2. The molecule has 3 heterocycles. The number of benzene rings is 2. The van der Waals surface area contributed by atoms with Gasteiger partial charge >= 0.3 is 5.97 Å². The van der Waals surface area contributed by atoms with Gasteiger partial charge in [0.15, 0.2) is 11.0 Å². The largest absolute Gasteiger partial charge is 0.459 e. The van der Waals surface area contributed by atoms with Crippen molar-refractivity contribution >= 4 is 46.4 Å². The summed E-state index contributed by atoms with van der Waals surface area (Å²) in [4.78, 5) is 43.8. The Kier molecular flexibility index (Phi) is 5.21. The van der Waals surface area contributed by atoms with Crippen molar-refractivity contribution in [2.45, 2.75) is 37.3 Å². The summed E-state index contributed by atoms with van der Waals surface area (Å²) < 4.78 is 20.3. The number of amides is 2. The molecule has 0 aliphatic carbocycles. The van der Waals surface area contributed by atoms with Gasteiger partial charge in [0.05, 0.1) is 12.1 Å². The van der Waals surface area contributed by atoms with Crippen LogP contribution < -0.4 is 15.1 Å². The average Bonchev–Trinajstić information content (AvgIpc) is 3.33. The molecule has 5 rings (SSSR count). The molecule has 0 bridgehead atoms. The fourth-order valence-electron chi connectivity index (χ4n) is 6.00. The first-order chi connectivity index (χ1) is 17.8. The predicted molar refractivity (Wildman–Crippen MR) is 137 cm³/mol. The standard InChI is InChI=1S/C27H22FN5O4S/c1-24(2,3)37-20(34)12-33-19-10-9-15(28)11-17(19)26(22(33)35)25(13-29,14-30)21(38)31-27(26)16-7-5-6-8-18(16)32(4)23(27)36/h5-11H,12H2,1-4H3,(H,31,38)/t26-,27+/m0/s1. The summed E-state index contributed by atoms with van der Waals surface area (Å²) in [5.41, 5.74) is -7.02. The third-order valence-electron chi connectivity index (χ3n) is 7.32. The Morgan fingerprint density at radius 3 is 2.37 bits per heavy atom. The molecule has 0 radical (unpaired) electrons. The molecule has 38 heavy (non-hydrogen) atoms. The Morgan fingerprint density at radius 1 is 1.08 bits per heavy atom. The fourth-order valence-corrected chi connectivity index (χ4v) is 6.40. The highest BCUT2D eigenvalue weighted by Gasteiger charge is 2.84. The van der Waals surface area contributed by atoms with Gasteiger partial charge in [-0.25, -0.2) is 4.39 Å². The van der Waals surface area contributed by atoms with Gasteiger partial charge in [-0.05, 0) is 45.0 Å². The van der Waals surface area contributed by atoms with E-state index in [9.17, 15) is 29.3 Å². The number of nitrogens with zero attached hydrogens (tertiary/aromatic N) is 4. The number of anilines is 2. The van der Waals surface area contributed by atoms with Gasteiger partial charge in [-0.2, -0.15) is 10.5 Å². The monoisotopic (exact) mass is 531 g/mol. The van der Waals surface area contributed by atoms with Crippen LogP contribution in [0, 0.1) is 33.9 Å². The Morgan fingerprint density at radius 2 is 1.74 bits per heavy atom. The SMILES string of the molecule is CN1C(=O)[C@]2(NC(=S)C(C#N)(C#N)[C@]23C(=O)N(CC(=O)OC(C)(C)C)c2ccc(F)cc23)c2ccccc21. The molecule has 2 amide bonds. The summed E-state index contributed by atoms with van der Waals surface area (Å²) in [6.45, 7) is 4.39. The molecule has 1 N–H and O–H groups in total. The van der Waals surface area contributed by atoms with Crippen molar-refractivity contribution < 1.29 is 23.5 Å². The number of hydrogen-bond acceptors (Lipinski definition) is 7. The second-order valence-electron chi connectivity index (χ2n) is 10.4. The van der Waals surface area contributed by atoms with Crippen LogP contribution in [0.3, 0.4) is 0 Å². The van der Waals surface area contributed by atoms with Crippen LogP contribution in [0.4, 0.5) is 15.8 Å². The number of fused-ring (bicyclic) bond motifs is 5. The molecule has 2 aromatic rings. The molecule has 2 atom stereocenters. The second-order valence-corrected chi connectivity index (χ2v) is 10.9. The summed E-state index contributed by atoms with van der Waals surface area (Å²) in [5, 5.41) is 23.9. The summed E-state index contributed by atoms with van der Waals surface area (Å²) in [7, 11) is 1.50. The minimum absolute atomic E-state index is 0.0721. The summed E-state index contributed by atoms with van der Waals surface area (Å²) in [6.07, 6.45) is 0. The molecular formula is C27H22FN5O4S. The van der Waals surface area contributed by atoms with Crippen LogP contribution >= 0.6 is 12.2 Å². The minimum atomic E-state index is -2.42. The molecule has 2 spiro atoms. The first kappa shape index (κ1) is 25.3. The molecule has 1 saturated heterocycles. The van der Waals surface area contributed by atoms with E-state index >= 15 is 0 Å². The van der Waals surface area contributed by atoms with Crippen molar-refractivity contribution in [3.8, 4) is 12.1 Å². The highest BCUT2D eigenvalue weighted by Crippen LogP contribution is 2.67. The average molecular weight is 532 g/mol. The zero-order chi connectivity index (χ0) is 27.8. The molecule has 11 heteroatoms. The van der Waals surface area contributed by atoms with Gasteiger partial charge in [0.2, 0.25) is 11.3 Å². The number of halogens is 1. The molecule has 0 aromatic heterocycles. The Labute approximate surface area is 223 Å². The van der Waals surface area contributed by atoms with Crippen LogP contribution in [0.15, 0.2) is 42.5 Å². The number of carbonyl (C=O) groups is 3. The molecule has 9 nitrogen and oxygen atoms in total. The van der Waals surface area contributed by atoms with E-state index < -0.39 is 52.1 Å². The van der Waals surface area contributed by atoms with Crippen molar-refractivity contribution in [1.29, 1.82) is 10.5 Å². The molecule has 3 aliphatic rings. The lowest BCUT2D eigenvalue weighted by molar-refractivity contribution is -0.153. The van der Waals surface area contributed by atoms with Crippen LogP contribution in [0.25, 0.3) is 0 Å². The van der Waals surface area contributed by atoms with Crippen LogP contribution in [-0.2, 0) is 30.1 Å². The maximum atomic E-state index is 14.9. The third-order valence-corrected chi connectivity index (χ3v) is 7.73. The maximum absolute atomic E-state index is 14.9. The first-order valence-electron chi connectivity index (χ1n) is 11.7. The summed E-state index contributed by atoms with van der Waals surface area (Å²) in [5.74, 6) is -3.11. The Bertz CT molecular complexity index is 1540. The zero-order valence-electron chi connectivity index (χ0n) is 21.0. The van der Waals surface area contributed by atoms with E-state index in [0.717, 1.165) is 17.0 Å². The maximum Gasteiger partial charge on any atom is 0.326 e. The number of para-hydroxylation sites is 1. The van der Waals surface area contributed by atoms with Crippen LogP contribution in [-0.4, -0.2) is 42.0 Å². The van der Waals surface area contributed by atoms with E-state index in [1.807, 2.05) is 12.1 Å². The summed E-state index contributed by atoms with van der Waals surface area (Å²) >= 11 is 5.52. The van der Waals surface area contributed by atoms with Crippen molar-refractivity contribution in [3.05, 3.63) is 59.4 Å².